The fourth-order valence-corrected chi connectivity index (χ4v) is 2.36. The predicted octanol–water partition coefficient (Wildman–Crippen LogP) is 2.35. The topological polar surface area (TPSA) is 44.4 Å². The molecule has 106 valence electrons. The van der Waals surface area contributed by atoms with Crippen molar-refractivity contribution in [2.75, 3.05) is 20.1 Å². The first kappa shape index (κ1) is 15.3. The van der Waals surface area contributed by atoms with Crippen LogP contribution in [0, 0.1) is 0 Å². The zero-order valence-corrected chi connectivity index (χ0v) is 12.2. The Hall–Kier alpha value is -0.770. The van der Waals surface area contributed by atoms with Gasteiger partial charge in [0.05, 0.1) is 0 Å². The first-order chi connectivity index (χ1) is 8.63. The van der Waals surface area contributed by atoms with E-state index in [1.54, 1.807) is 0 Å². The van der Waals surface area contributed by atoms with E-state index in [4.69, 9.17) is 0 Å². The molecule has 18 heavy (non-hydrogen) atoms. The summed E-state index contributed by atoms with van der Waals surface area (Å²) < 4.78 is 0. The molecule has 0 aromatic heterocycles. The first-order valence-electron chi connectivity index (χ1n) is 7.38. The lowest BCUT2D eigenvalue weighted by molar-refractivity contribution is 0.224. The van der Waals surface area contributed by atoms with E-state index in [0.717, 1.165) is 32.4 Å². The van der Waals surface area contributed by atoms with Crippen LogP contribution in [0.2, 0.25) is 0 Å². The second-order valence-corrected chi connectivity index (χ2v) is 5.47. The normalized spacial score (nSPS) is 18.7. The number of urea groups is 1. The number of rotatable bonds is 6. The van der Waals surface area contributed by atoms with Gasteiger partial charge in [-0.15, -0.1) is 0 Å². The summed E-state index contributed by atoms with van der Waals surface area (Å²) in [4.78, 5) is 14.0. The average molecular weight is 255 g/mol. The van der Waals surface area contributed by atoms with E-state index in [1.165, 1.54) is 19.3 Å². The maximum Gasteiger partial charge on any atom is 0.315 e. The Morgan fingerprint density at radius 3 is 2.61 bits per heavy atom. The Labute approximate surface area is 111 Å². The fourth-order valence-electron chi connectivity index (χ4n) is 2.36. The first-order valence-corrected chi connectivity index (χ1v) is 7.38. The number of carbonyl (C=O) groups excluding carboxylic acids is 1. The van der Waals surface area contributed by atoms with E-state index in [1.807, 2.05) is 0 Å². The van der Waals surface area contributed by atoms with Gasteiger partial charge in [0.25, 0.3) is 0 Å². The van der Waals surface area contributed by atoms with Gasteiger partial charge in [-0.25, -0.2) is 4.79 Å². The second kappa shape index (κ2) is 8.35. The maximum atomic E-state index is 11.7. The van der Waals surface area contributed by atoms with Gasteiger partial charge in [0.15, 0.2) is 0 Å². The number of hydrogen-bond acceptors (Lipinski definition) is 2. The Kier molecular flexibility index (Phi) is 7.09. The molecule has 1 unspecified atom stereocenters. The molecule has 4 nitrogen and oxygen atoms in total. The van der Waals surface area contributed by atoms with Gasteiger partial charge in [0, 0.05) is 25.2 Å². The molecule has 0 heterocycles. The number of nitrogens with one attached hydrogen (secondary N) is 2. The molecular weight excluding hydrogens is 226 g/mol. The Morgan fingerprint density at radius 2 is 2.00 bits per heavy atom. The van der Waals surface area contributed by atoms with Crippen molar-refractivity contribution in [2.45, 2.75) is 64.5 Å². The quantitative estimate of drug-likeness (QED) is 0.765. The minimum Gasteiger partial charge on any atom is -0.337 e. The highest BCUT2D eigenvalue weighted by Gasteiger charge is 2.15. The molecule has 0 radical (unpaired) electrons. The van der Waals surface area contributed by atoms with E-state index in [0.29, 0.717) is 12.1 Å². The van der Waals surface area contributed by atoms with E-state index in [2.05, 4.69) is 36.4 Å². The summed E-state index contributed by atoms with van der Waals surface area (Å²) in [7, 11) is 2.11. The van der Waals surface area contributed by atoms with Gasteiger partial charge in [-0.1, -0.05) is 26.2 Å². The summed E-state index contributed by atoms with van der Waals surface area (Å²) in [5.41, 5.74) is 0. The van der Waals surface area contributed by atoms with Crippen LogP contribution in [0.4, 0.5) is 4.79 Å². The van der Waals surface area contributed by atoms with Gasteiger partial charge in [0.1, 0.15) is 0 Å². The van der Waals surface area contributed by atoms with Crippen molar-refractivity contribution >= 4 is 6.03 Å². The van der Waals surface area contributed by atoms with Crippen LogP contribution in [0.3, 0.4) is 0 Å². The molecule has 0 bridgehead atoms. The number of carbonyl (C=O) groups is 1. The van der Waals surface area contributed by atoms with Crippen LogP contribution in [0.25, 0.3) is 0 Å². The average Bonchev–Trinajstić information content (AvgIpc) is 2.38. The number of amides is 2. The van der Waals surface area contributed by atoms with E-state index < -0.39 is 0 Å². The number of hydrogen-bond donors (Lipinski definition) is 2. The second-order valence-electron chi connectivity index (χ2n) is 5.47. The number of nitrogens with zero attached hydrogens (tertiary/aromatic N) is 1. The minimum absolute atomic E-state index is 0.000508. The van der Waals surface area contributed by atoms with E-state index in [-0.39, 0.29) is 6.03 Å². The van der Waals surface area contributed by atoms with Gasteiger partial charge in [-0.05, 0) is 33.2 Å². The van der Waals surface area contributed by atoms with Crippen LogP contribution in [0.5, 0.6) is 0 Å². The van der Waals surface area contributed by atoms with Crippen LogP contribution in [0.15, 0.2) is 0 Å². The van der Waals surface area contributed by atoms with Crippen molar-refractivity contribution in [3.63, 3.8) is 0 Å². The molecule has 0 saturated heterocycles. The summed E-state index contributed by atoms with van der Waals surface area (Å²) >= 11 is 0. The van der Waals surface area contributed by atoms with Crippen molar-refractivity contribution in [1.82, 2.24) is 15.5 Å². The monoisotopic (exact) mass is 255 g/mol. The zero-order valence-electron chi connectivity index (χ0n) is 12.2. The Balaban J connectivity index is 2.09. The molecule has 1 fully saturated rings. The molecule has 1 aliphatic carbocycles. The minimum atomic E-state index is -0.000508. The third-order valence-corrected chi connectivity index (χ3v) is 4.03. The molecule has 0 spiro atoms. The van der Waals surface area contributed by atoms with Gasteiger partial charge < -0.3 is 15.5 Å². The van der Waals surface area contributed by atoms with Gasteiger partial charge in [0.2, 0.25) is 0 Å². The van der Waals surface area contributed by atoms with Crippen molar-refractivity contribution in [2.24, 2.45) is 0 Å². The third kappa shape index (κ3) is 5.71. The molecule has 0 aliphatic heterocycles. The molecule has 0 aromatic rings. The van der Waals surface area contributed by atoms with Crippen LogP contribution in [-0.4, -0.2) is 43.2 Å². The molecule has 1 atom stereocenters. The standard InChI is InChI=1S/C14H29N3O/c1-4-12(2)17(3)11-10-15-14(18)16-13-8-6-5-7-9-13/h12-13H,4-11H2,1-3H3,(H2,15,16,18). The molecule has 0 aromatic carbocycles. The third-order valence-electron chi connectivity index (χ3n) is 4.03. The molecule has 1 aliphatic rings. The molecule has 1 saturated carbocycles. The van der Waals surface area contributed by atoms with Crippen LogP contribution < -0.4 is 10.6 Å². The highest BCUT2D eigenvalue weighted by molar-refractivity contribution is 5.74. The van der Waals surface area contributed by atoms with Crippen LogP contribution >= 0.6 is 0 Å². The van der Waals surface area contributed by atoms with Crippen molar-refractivity contribution in [1.29, 1.82) is 0 Å². The maximum absolute atomic E-state index is 11.7. The molecular formula is C14H29N3O. The van der Waals surface area contributed by atoms with E-state index in [9.17, 15) is 4.79 Å². The van der Waals surface area contributed by atoms with Crippen molar-refractivity contribution in [3.05, 3.63) is 0 Å². The Bertz CT molecular complexity index is 239. The van der Waals surface area contributed by atoms with Gasteiger partial charge >= 0.3 is 6.03 Å². The fraction of sp³-hybridized carbons (Fsp3) is 0.929. The molecule has 2 amide bonds. The largest absolute Gasteiger partial charge is 0.337 e. The lowest BCUT2D eigenvalue weighted by Gasteiger charge is -2.25. The van der Waals surface area contributed by atoms with Crippen LogP contribution in [0.1, 0.15) is 52.4 Å². The SMILES string of the molecule is CCC(C)N(C)CCNC(=O)NC1CCCCC1. The van der Waals surface area contributed by atoms with Gasteiger partial charge in [-0.2, -0.15) is 0 Å². The van der Waals surface area contributed by atoms with Gasteiger partial charge in [-0.3, -0.25) is 0 Å². The van der Waals surface area contributed by atoms with Crippen molar-refractivity contribution in [3.8, 4) is 0 Å². The summed E-state index contributed by atoms with van der Waals surface area (Å²) in [6, 6.07) is 0.971. The summed E-state index contributed by atoms with van der Waals surface area (Å²) in [6.45, 7) is 6.03. The summed E-state index contributed by atoms with van der Waals surface area (Å²) in [6.07, 6.45) is 7.24. The molecule has 1 rings (SSSR count). The molecule has 2 N–H and O–H groups in total. The lowest BCUT2D eigenvalue weighted by Crippen LogP contribution is -2.45. The Morgan fingerprint density at radius 1 is 1.33 bits per heavy atom. The lowest BCUT2D eigenvalue weighted by atomic mass is 9.96. The van der Waals surface area contributed by atoms with Crippen molar-refractivity contribution < 1.29 is 4.79 Å². The highest BCUT2D eigenvalue weighted by atomic mass is 16.2. The van der Waals surface area contributed by atoms with E-state index >= 15 is 0 Å². The summed E-state index contributed by atoms with van der Waals surface area (Å²) in [5, 5.41) is 6.02. The smallest absolute Gasteiger partial charge is 0.315 e. The molecule has 4 heteroatoms. The zero-order chi connectivity index (χ0) is 13.4. The van der Waals surface area contributed by atoms with Crippen LogP contribution in [-0.2, 0) is 0 Å². The highest BCUT2D eigenvalue weighted by Crippen LogP contribution is 2.17. The number of likely N-dealkylation sites (N-methyl/N-ethyl adjacent to an activating group) is 1. The summed E-state index contributed by atoms with van der Waals surface area (Å²) in [5.74, 6) is 0. The predicted molar refractivity (Wildman–Crippen MR) is 75.8 cm³/mol.